The fraction of sp³-hybridized carbons (Fsp3) is 0.591. The number of hydrogen-bond donors (Lipinski definition) is 2. The van der Waals surface area contributed by atoms with Gasteiger partial charge in [-0.3, -0.25) is 0 Å². The van der Waals surface area contributed by atoms with Gasteiger partial charge >= 0.3 is 0 Å². The molecule has 1 aromatic carbocycles. The summed E-state index contributed by atoms with van der Waals surface area (Å²) in [6.07, 6.45) is 4.31. The van der Waals surface area contributed by atoms with Crippen molar-refractivity contribution in [3.8, 4) is 11.5 Å². The topological polar surface area (TPSA) is 80.2 Å². The van der Waals surface area contributed by atoms with Gasteiger partial charge in [0.05, 0.1) is 39.0 Å². The fourth-order valence-corrected chi connectivity index (χ4v) is 4.76. The average Bonchev–Trinajstić information content (AvgIpc) is 3.48. The SMILES string of the molecule is C=CC[NH+]1CC[NH+]([C@H](c2cc(OC)ccc2OC)c2nnnn2C[C@@H]2CCCO2)CC1. The number of quaternary nitrogens is 2. The zero-order valence-corrected chi connectivity index (χ0v) is 18.5. The summed E-state index contributed by atoms with van der Waals surface area (Å²) in [5.74, 6) is 2.48. The Bertz CT molecular complexity index is 859. The molecule has 168 valence electrons. The standard InChI is InChI=1S/C22H32N6O3/c1-4-9-26-10-12-27(13-11-26)21(19-15-17(29-2)7-8-20(19)30-3)22-23-24-25-28(22)16-18-6-5-14-31-18/h4,7-8,15,18,21H,1,5-6,9-14,16H2,2-3H3/p+2/t18-,21+/m0/s1. The lowest BCUT2D eigenvalue weighted by Gasteiger charge is -2.34. The van der Waals surface area contributed by atoms with Crippen molar-refractivity contribution in [2.24, 2.45) is 0 Å². The van der Waals surface area contributed by atoms with Crippen LogP contribution in [0, 0.1) is 0 Å². The molecule has 0 bridgehead atoms. The molecule has 2 N–H and O–H groups in total. The van der Waals surface area contributed by atoms with E-state index in [2.05, 4.69) is 28.2 Å². The molecule has 2 saturated heterocycles. The molecule has 2 aromatic rings. The number of tetrazole rings is 1. The van der Waals surface area contributed by atoms with Crippen LogP contribution in [0.2, 0.25) is 0 Å². The van der Waals surface area contributed by atoms with Crippen LogP contribution in [0.15, 0.2) is 30.9 Å². The van der Waals surface area contributed by atoms with E-state index in [1.165, 1.54) is 4.90 Å². The highest BCUT2D eigenvalue weighted by molar-refractivity contribution is 5.43. The van der Waals surface area contributed by atoms with Gasteiger partial charge in [0, 0.05) is 6.61 Å². The third-order valence-corrected chi connectivity index (χ3v) is 6.41. The number of ether oxygens (including phenoxy) is 3. The fourth-order valence-electron chi connectivity index (χ4n) is 4.76. The third kappa shape index (κ3) is 4.89. The summed E-state index contributed by atoms with van der Waals surface area (Å²) in [7, 11) is 3.39. The zero-order chi connectivity index (χ0) is 21.6. The second kappa shape index (κ2) is 10.2. The van der Waals surface area contributed by atoms with E-state index in [1.807, 2.05) is 22.9 Å². The first kappa shape index (κ1) is 21.7. The first-order chi connectivity index (χ1) is 15.2. The minimum Gasteiger partial charge on any atom is -0.497 e. The maximum Gasteiger partial charge on any atom is 0.214 e. The number of rotatable bonds is 9. The maximum atomic E-state index is 5.85. The number of piperazine rings is 1. The van der Waals surface area contributed by atoms with Crippen LogP contribution in [-0.4, -0.2) is 79.9 Å². The molecule has 0 radical (unpaired) electrons. The molecule has 2 fully saturated rings. The van der Waals surface area contributed by atoms with Crippen molar-refractivity contribution < 1.29 is 24.0 Å². The Hall–Kier alpha value is -2.49. The van der Waals surface area contributed by atoms with Crippen LogP contribution in [0.5, 0.6) is 11.5 Å². The van der Waals surface area contributed by atoms with Crippen LogP contribution in [0.25, 0.3) is 0 Å². The molecule has 2 aliphatic heterocycles. The van der Waals surface area contributed by atoms with Crippen molar-refractivity contribution in [3.63, 3.8) is 0 Å². The molecule has 3 heterocycles. The van der Waals surface area contributed by atoms with Crippen LogP contribution < -0.4 is 19.3 Å². The van der Waals surface area contributed by atoms with Gasteiger partial charge in [0.25, 0.3) is 0 Å². The number of methoxy groups -OCH3 is 2. The second-order valence-corrected chi connectivity index (χ2v) is 8.30. The number of benzene rings is 1. The molecule has 2 atom stereocenters. The molecule has 4 rings (SSSR count). The van der Waals surface area contributed by atoms with Gasteiger partial charge in [0.2, 0.25) is 5.82 Å². The first-order valence-corrected chi connectivity index (χ1v) is 11.1. The lowest BCUT2D eigenvalue weighted by molar-refractivity contribution is -1.02. The van der Waals surface area contributed by atoms with Gasteiger partial charge in [-0.1, -0.05) is 6.58 Å². The van der Waals surface area contributed by atoms with Gasteiger partial charge in [-0.25, -0.2) is 4.68 Å². The Kier molecular flexibility index (Phi) is 7.16. The molecule has 0 amide bonds. The molecule has 31 heavy (non-hydrogen) atoms. The summed E-state index contributed by atoms with van der Waals surface area (Å²) in [6.45, 7) is 10.6. The summed E-state index contributed by atoms with van der Waals surface area (Å²) in [5, 5.41) is 12.9. The normalized spacial score (nSPS) is 24.6. The predicted molar refractivity (Wildman–Crippen MR) is 115 cm³/mol. The van der Waals surface area contributed by atoms with Crippen molar-refractivity contribution >= 4 is 0 Å². The van der Waals surface area contributed by atoms with Crippen LogP contribution in [-0.2, 0) is 11.3 Å². The predicted octanol–water partition coefficient (Wildman–Crippen LogP) is -1.07. The zero-order valence-electron chi connectivity index (χ0n) is 18.5. The molecule has 9 nitrogen and oxygen atoms in total. The molecule has 1 aromatic heterocycles. The quantitative estimate of drug-likeness (QED) is 0.493. The van der Waals surface area contributed by atoms with E-state index in [4.69, 9.17) is 14.2 Å². The summed E-state index contributed by atoms with van der Waals surface area (Å²) in [6, 6.07) is 5.90. The van der Waals surface area contributed by atoms with E-state index in [9.17, 15) is 0 Å². The Morgan fingerprint density at radius 3 is 2.77 bits per heavy atom. The van der Waals surface area contributed by atoms with Gasteiger partial charge in [-0.2, -0.15) is 0 Å². The molecule has 0 saturated carbocycles. The van der Waals surface area contributed by atoms with Crippen molar-refractivity contribution in [2.45, 2.75) is 31.5 Å². The van der Waals surface area contributed by atoms with Crippen molar-refractivity contribution in [1.29, 1.82) is 0 Å². The summed E-state index contributed by atoms with van der Waals surface area (Å²) in [5.41, 5.74) is 1.05. The Labute approximate surface area is 183 Å². The van der Waals surface area contributed by atoms with Crippen LogP contribution in [0.1, 0.15) is 30.3 Å². The lowest BCUT2D eigenvalue weighted by Crippen LogP contribution is -3.28. The van der Waals surface area contributed by atoms with Crippen LogP contribution in [0.3, 0.4) is 0 Å². The Morgan fingerprint density at radius 1 is 1.26 bits per heavy atom. The molecular weight excluding hydrogens is 396 g/mol. The molecule has 0 unspecified atom stereocenters. The van der Waals surface area contributed by atoms with Gasteiger partial charge in [-0.15, -0.1) is 5.10 Å². The second-order valence-electron chi connectivity index (χ2n) is 8.30. The highest BCUT2D eigenvalue weighted by atomic mass is 16.5. The molecule has 9 heteroatoms. The third-order valence-electron chi connectivity index (χ3n) is 6.41. The number of nitrogens with one attached hydrogen (secondary N) is 2. The summed E-state index contributed by atoms with van der Waals surface area (Å²) < 4.78 is 19.1. The van der Waals surface area contributed by atoms with E-state index in [0.717, 1.165) is 75.1 Å². The van der Waals surface area contributed by atoms with E-state index >= 15 is 0 Å². The maximum absolute atomic E-state index is 5.85. The average molecular weight is 431 g/mol. The largest absolute Gasteiger partial charge is 0.497 e. The van der Waals surface area contributed by atoms with Gasteiger partial charge in [-0.05, 0) is 47.5 Å². The van der Waals surface area contributed by atoms with Crippen LogP contribution in [0.4, 0.5) is 0 Å². The van der Waals surface area contributed by atoms with E-state index < -0.39 is 0 Å². The summed E-state index contributed by atoms with van der Waals surface area (Å²) >= 11 is 0. The van der Waals surface area contributed by atoms with Crippen molar-refractivity contribution in [3.05, 3.63) is 42.2 Å². The monoisotopic (exact) mass is 430 g/mol. The minimum absolute atomic E-state index is 0.0493. The van der Waals surface area contributed by atoms with Crippen molar-refractivity contribution in [2.75, 3.05) is 53.6 Å². The first-order valence-electron chi connectivity index (χ1n) is 11.1. The number of hydrogen-bond acceptors (Lipinski definition) is 6. The number of nitrogens with zero attached hydrogens (tertiary/aromatic N) is 4. The molecule has 2 aliphatic rings. The highest BCUT2D eigenvalue weighted by Gasteiger charge is 2.38. The summed E-state index contributed by atoms with van der Waals surface area (Å²) in [4.78, 5) is 3.00. The van der Waals surface area contributed by atoms with E-state index in [-0.39, 0.29) is 12.1 Å². The minimum atomic E-state index is -0.0493. The Balaban J connectivity index is 1.69. The Morgan fingerprint density at radius 2 is 2.10 bits per heavy atom. The lowest BCUT2D eigenvalue weighted by atomic mass is 10.0. The molecule has 0 spiro atoms. The molecule has 0 aliphatic carbocycles. The van der Waals surface area contributed by atoms with E-state index in [1.54, 1.807) is 19.1 Å². The molecular formula is C22H34N6O3+2. The smallest absolute Gasteiger partial charge is 0.214 e. The van der Waals surface area contributed by atoms with Gasteiger partial charge in [0.15, 0.2) is 6.04 Å². The highest BCUT2D eigenvalue weighted by Crippen LogP contribution is 2.31. The number of aromatic nitrogens is 4. The van der Waals surface area contributed by atoms with E-state index in [0.29, 0.717) is 6.54 Å². The van der Waals surface area contributed by atoms with Gasteiger partial charge in [0.1, 0.15) is 37.7 Å². The van der Waals surface area contributed by atoms with Gasteiger partial charge < -0.3 is 24.0 Å². The van der Waals surface area contributed by atoms with Crippen molar-refractivity contribution in [1.82, 2.24) is 20.2 Å². The van der Waals surface area contributed by atoms with Crippen LogP contribution >= 0.6 is 0 Å².